The first-order valence-electron chi connectivity index (χ1n) is 10.0. The molecule has 0 unspecified atom stereocenters. The van der Waals surface area contributed by atoms with Gasteiger partial charge in [0.15, 0.2) is 0 Å². The molecule has 0 nitrogen and oxygen atoms in total. The van der Waals surface area contributed by atoms with Crippen molar-refractivity contribution in [3.63, 3.8) is 0 Å². The topological polar surface area (TPSA) is 0 Å². The average molecular weight is 329 g/mol. The molecule has 124 valence electrons. The lowest BCUT2D eigenvalue weighted by atomic mass is 9.48. The standard InChI is InChI=1S/C22H29Cl/c23-21-10-19(18-4-2-1-3-5-18)9-20(11-21)22-12-15-6-16(13-22)8-17(7-15)14-22/h9-11,15-18H,1-8,12-14H2. The smallest absolute Gasteiger partial charge is 0.0411 e. The van der Waals surface area contributed by atoms with E-state index in [1.165, 1.54) is 70.6 Å². The maximum atomic E-state index is 6.61. The molecule has 5 aliphatic carbocycles. The monoisotopic (exact) mass is 328 g/mol. The molecule has 5 saturated carbocycles. The molecule has 0 amide bonds. The van der Waals surface area contributed by atoms with Crippen LogP contribution in [0.25, 0.3) is 0 Å². The Morgan fingerprint density at radius 2 is 1.39 bits per heavy atom. The first-order valence-corrected chi connectivity index (χ1v) is 10.4. The summed E-state index contributed by atoms with van der Waals surface area (Å²) in [6, 6.07) is 7.21. The zero-order valence-corrected chi connectivity index (χ0v) is 15.0. The number of hydrogen-bond acceptors (Lipinski definition) is 0. The van der Waals surface area contributed by atoms with Crippen LogP contribution in [0.4, 0.5) is 0 Å². The Hall–Kier alpha value is -0.490. The lowest BCUT2D eigenvalue weighted by Crippen LogP contribution is -2.48. The second-order valence-corrected chi connectivity index (χ2v) is 9.74. The van der Waals surface area contributed by atoms with Gasteiger partial charge >= 0.3 is 0 Å². The van der Waals surface area contributed by atoms with E-state index < -0.39 is 0 Å². The molecule has 0 heterocycles. The van der Waals surface area contributed by atoms with E-state index in [9.17, 15) is 0 Å². The van der Waals surface area contributed by atoms with Crippen LogP contribution in [0.3, 0.4) is 0 Å². The normalized spacial score (nSPS) is 39.8. The van der Waals surface area contributed by atoms with Gasteiger partial charge in [-0.1, -0.05) is 36.9 Å². The van der Waals surface area contributed by atoms with Crippen LogP contribution in [-0.2, 0) is 5.41 Å². The van der Waals surface area contributed by atoms with Crippen LogP contribution in [0.5, 0.6) is 0 Å². The molecule has 0 atom stereocenters. The summed E-state index contributed by atoms with van der Waals surface area (Å²) in [4.78, 5) is 0. The van der Waals surface area contributed by atoms with Gasteiger partial charge in [0, 0.05) is 5.02 Å². The third-order valence-corrected chi connectivity index (χ3v) is 7.87. The highest BCUT2D eigenvalue weighted by molar-refractivity contribution is 6.30. The van der Waals surface area contributed by atoms with Gasteiger partial charge in [-0.05, 0) is 104 Å². The lowest BCUT2D eigenvalue weighted by molar-refractivity contribution is -0.00523. The maximum absolute atomic E-state index is 6.61. The van der Waals surface area contributed by atoms with Gasteiger partial charge in [0.05, 0.1) is 0 Å². The van der Waals surface area contributed by atoms with Crippen molar-refractivity contribution in [1.82, 2.24) is 0 Å². The molecule has 0 spiro atoms. The van der Waals surface area contributed by atoms with Crippen LogP contribution in [0, 0.1) is 17.8 Å². The van der Waals surface area contributed by atoms with Crippen molar-refractivity contribution in [3.8, 4) is 0 Å². The average Bonchev–Trinajstić information content (AvgIpc) is 2.54. The molecule has 23 heavy (non-hydrogen) atoms. The highest BCUT2D eigenvalue weighted by Gasteiger charge is 2.51. The fourth-order valence-corrected chi connectivity index (χ4v) is 7.30. The molecule has 0 aromatic heterocycles. The highest BCUT2D eigenvalue weighted by Crippen LogP contribution is 2.61. The molecule has 1 heteroatoms. The third-order valence-electron chi connectivity index (χ3n) is 7.65. The van der Waals surface area contributed by atoms with Crippen molar-refractivity contribution < 1.29 is 0 Å². The summed E-state index contributed by atoms with van der Waals surface area (Å²) >= 11 is 6.61. The predicted octanol–water partition coefficient (Wildman–Crippen LogP) is 6.86. The van der Waals surface area contributed by atoms with Crippen molar-refractivity contribution in [2.24, 2.45) is 17.8 Å². The van der Waals surface area contributed by atoms with Crippen molar-refractivity contribution >= 4 is 11.6 Å². The molecule has 0 saturated heterocycles. The number of benzene rings is 1. The minimum Gasteiger partial charge on any atom is -0.0843 e. The van der Waals surface area contributed by atoms with Crippen LogP contribution in [0.1, 0.15) is 87.7 Å². The molecule has 0 aliphatic heterocycles. The van der Waals surface area contributed by atoms with Crippen molar-refractivity contribution in [2.45, 2.75) is 82.0 Å². The second kappa shape index (κ2) is 5.51. The van der Waals surface area contributed by atoms with Gasteiger partial charge in [-0.2, -0.15) is 0 Å². The molecule has 4 bridgehead atoms. The Kier molecular flexibility index (Phi) is 3.55. The summed E-state index contributed by atoms with van der Waals surface area (Å²) in [5.41, 5.74) is 3.66. The molecule has 0 radical (unpaired) electrons. The summed E-state index contributed by atoms with van der Waals surface area (Å²) in [6.07, 6.45) is 15.9. The van der Waals surface area contributed by atoms with Gasteiger partial charge in [0.2, 0.25) is 0 Å². The Morgan fingerprint density at radius 3 is 2.00 bits per heavy atom. The molecule has 0 N–H and O–H groups in total. The first kappa shape index (κ1) is 14.8. The zero-order valence-electron chi connectivity index (χ0n) is 14.2. The van der Waals surface area contributed by atoms with Gasteiger partial charge in [-0.3, -0.25) is 0 Å². The molecule has 1 aromatic rings. The highest BCUT2D eigenvalue weighted by atomic mass is 35.5. The van der Waals surface area contributed by atoms with E-state index in [2.05, 4.69) is 18.2 Å². The Labute approximate surface area is 146 Å². The quantitative estimate of drug-likeness (QED) is 0.556. The molecule has 5 fully saturated rings. The van der Waals surface area contributed by atoms with Crippen LogP contribution in [0.15, 0.2) is 18.2 Å². The maximum Gasteiger partial charge on any atom is 0.0411 e. The number of hydrogen-bond donors (Lipinski definition) is 0. The fraction of sp³-hybridized carbons (Fsp3) is 0.727. The predicted molar refractivity (Wildman–Crippen MR) is 97.1 cm³/mol. The molecule has 1 aromatic carbocycles. The SMILES string of the molecule is Clc1cc(C2CCCCC2)cc(C23CC4CC(CC(C4)C2)C3)c1. The molecule has 5 aliphatic rings. The number of halogens is 1. The van der Waals surface area contributed by atoms with E-state index in [-0.39, 0.29) is 0 Å². The Balaban J connectivity index is 1.51. The van der Waals surface area contributed by atoms with Crippen molar-refractivity contribution in [2.75, 3.05) is 0 Å². The Morgan fingerprint density at radius 1 is 0.783 bits per heavy atom. The van der Waals surface area contributed by atoms with Gasteiger partial charge < -0.3 is 0 Å². The van der Waals surface area contributed by atoms with E-state index in [1.807, 2.05) is 0 Å². The van der Waals surface area contributed by atoms with Crippen LogP contribution >= 0.6 is 11.6 Å². The van der Waals surface area contributed by atoms with Gasteiger partial charge in [0.25, 0.3) is 0 Å². The minimum atomic E-state index is 0.489. The summed E-state index contributed by atoms with van der Waals surface area (Å²) in [7, 11) is 0. The molecular weight excluding hydrogens is 300 g/mol. The van der Waals surface area contributed by atoms with Crippen molar-refractivity contribution in [3.05, 3.63) is 34.3 Å². The molecule has 6 rings (SSSR count). The van der Waals surface area contributed by atoms with Crippen molar-refractivity contribution in [1.29, 1.82) is 0 Å². The van der Waals surface area contributed by atoms with E-state index in [0.717, 1.165) is 28.7 Å². The second-order valence-electron chi connectivity index (χ2n) is 9.31. The summed E-state index contributed by atoms with van der Waals surface area (Å²) in [5, 5.41) is 0.999. The van der Waals surface area contributed by atoms with E-state index in [4.69, 9.17) is 11.6 Å². The third kappa shape index (κ3) is 2.56. The zero-order chi connectivity index (χ0) is 15.4. The van der Waals surface area contributed by atoms with Gasteiger partial charge in [-0.15, -0.1) is 0 Å². The largest absolute Gasteiger partial charge is 0.0843 e. The number of rotatable bonds is 2. The van der Waals surface area contributed by atoms with Crippen LogP contribution in [0.2, 0.25) is 5.02 Å². The van der Waals surface area contributed by atoms with E-state index in [1.54, 1.807) is 11.1 Å². The summed E-state index contributed by atoms with van der Waals surface area (Å²) in [6.45, 7) is 0. The fourth-order valence-electron chi connectivity index (χ4n) is 7.05. The Bertz CT molecular complexity index is 561. The van der Waals surface area contributed by atoms with Crippen LogP contribution < -0.4 is 0 Å². The lowest BCUT2D eigenvalue weighted by Gasteiger charge is -2.57. The summed E-state index contributed by atoms with van der Waals surface area (Å²) < 4.78 is 0. The van der Waals surface area contributed by atoms with Gasteiger partial charge in [-0.25, -0.2) is 0 Å². The first-order chi connectivity index (χ1) is 11.2. The molecular formula is C22H29Cl. The van der Waals surface area contributed by atoms with E-state index >= 15 is 0 Å². The van der Waals surface area contributed by atoms with Gasteiger partial charge in [0.1, 0.15) is 0 Å². The minimum absolute atomic E-state index is 0.489. The van der Waals surface area contributed by atoms with E-state index in [0.29, 0.717) is 5.41 Å². The summed E-state index contributed by atoms with van der Waals surface area (Å²) in [5.74, 6) is 3.81. The van der Waals surface area contributed by atoms with Crippen LogP contribution in [-0.4, -0.2) is 0 Å².